The summed E-state index contributed by atoms with van der Waals surface area (Å²) in [6, 6.07) is 10.2. The van der Waals surface area contributed by atoms with E-state index in [1.165, 1.54) is 0 Å². The maximum Gasteiger partial charge on any atom is 0.119 e. The zero-order chi connectivity index (χ0) is 12.7. The van der Waals surface area contributed by atoms with Crippen molar-refractivity contribution >= 4 is 11.8 Å². The van der Waals surface area contributed by atoms with E-state index in [9.17, 15) is 0 Å². The molecule has 92 valence electrons. The normalized spacial score (nSPS) is 13.8. The number of nitriles is 1. The van der Waals surface area contributed by atoms with E-state index in [-0.39, 0.29) is 0 Å². The van der Waals surface area contributed by atoms with E-state index >= 15 is 0 Å². The summed E-state index contributed by atoms with van der Waals surface area (Å²) in [6.07, 6.45) is 0. The highest BCUT2D eigenvalue weighted by atomic mass is 32.2. The van der Waals surface area contributed by atoms with Crippen molar-refractivity contribution in [2.75, 3.05) is 19.4 Å². The van der Waals surface area contributed by atoms with Gasteiger partial charge in [-0.1, -0.05) is 13.0 Å². The number of methoxy groups -OCH3 is 1. The first kappa shape index (κ1) is 13.9. The van der Waals surface area contributed by atoms with Gasteiger partial charge < -0.3 is 4.74 Å². The van der Waals surface area contributed by atoms with E-state index < -0.39 is 5.54 Å². The lowest BCUT2D eigenvalue weighted by Crippen LogP contribution is -2.43. The molecule has 0 amide bonds. The largest absolute Gasteiger partial charge is 0.497 e. The fourth-order valence-corrected chi connectivity index (χ4v) is 2.43. The highest BCUT2D eigenvalue weighted by Gasteiger charge is 2.22. The molecule has 0 radical (unpaired) electrons. The van der Waals surface area contributed by atoms with E-state index in [0.717, 1.165) is 17.2 Å². The minimum atomic E-state index is -0.484. The minimum Gasteiger partial charge on any atom is -0.497 e. The average Bonchev–Trinajstić information content (AvgIpc) is 2.37. The third-order valence-corrected chi connectivity index (χ3v) is 3.69. The quantitative estimate of drug-likeness (QED) is 0.788. The van der Waals surface area contributed by atoms with Crippen molar-refractivity contribution in [1.82, 2.24) is 5.32 Å². The number of benzene rings is 1. The lowest BCUT2D eigenvalue weighted by Gasteiger charge is -2.21. The summed E-state index contributed by atoms with van der Waals surface area (Å²) in [5.74, 6) is 1.56. The SMILES string of the molecule is CCNC(C)(C#N)CSc1cccc(OC)c1. The second kappa shape index (κ2) is 6.53. The first-order valence-corrected chi connectivity index (χ1v) is 6.55. The van der Waals surface area contributed by atoms with Crippen molar-refractivity contribution in [3.05, 3.63) is 24.3 Å². The van der Waals surface area contributed by atoms with E-state index in [4.69, 9.17) is 10.00 Å². The van der Waals surface area contributed by atoms with Crippen molar-refractivity contribution in [2.45, 2.75) is 24.3 Å². The third-order valence-electron chi connectivity index (χ3n) is 2.38. The molecule has 0 saturated carbocycles. The Hall–Kier alpha value is -1.18. The number of hydrogen-bond acceptors (Lipinski definition) is 4. The van der Waals surface area contributed by atoms with Gasteiger partial charge in [-0.05, 0) is 31.7 Å². The predicted octanol–water partition coefficient (Wildman–Crippen LogP) is 2.68. The number of rotatable bonds is 6. The highest BCUT2D eigenvalue weighted by molar-refractivity contribution is 7.99. The van der Waals surface area contributed by atoms with Crippen molar-refractivity contribution in [3.63, 3.8) is 0 Å². The lowest BCUT2D eigenvalue weighted by molar-refractivity contribution is 0.413. The molecule has 0 aliphatic heterocycles. The maximum atomic E-state index is 9.14. The van der Waals surface area contributed by atoms with Crippen LogP contribution in [0, 0.1) is 11.3 Å². The molecule has 1 aromatic rings. The lowest BCUT2D eigenvalue weighted by atomic mass is 10.1. The van der Waals surface area contributed by atoms with Crippen LogP contribution < -0.4 is 10.1 Å². The molecule has 0 spiro atoms. The Morgan fingerprint density at radius 3 is 2.88 bits per heavy atom. The van der Waals surface area contributed by atoms with Crippen LogP contribution in [0.3, 0.4) is 0 Å². The van der Waals surface area contributed by atoms with Crippen LogP contribution in [0.1, 0.15) is 13.8 Å². The van der Waals surface area contributed by atoms with Gasteiger partial charge in [0.15, 0.2) is 0 Å². The smallest absolute Gasteiger partial charge is 0.119 e. The zero-order valence-corrected chi connectivity index (χ0v) is 11.3. The number of thioether (sulfide) groups is 1. The Morgan fingerprint density at radius 2 is 2.29 bits per heavy atom. The zero-order valence-electron chi connectivity index (χ0n) is 10.5. The Kier molecular flexibility index (Phi) is 5.33. The number of ether oxygens (including phenoxy) is 1. The first-order chi connectivity index (χ1) is 8.13. The standard InChI is InChI=1S/C13H18N2OS/c1-4-15-13(2,9-14)10-17-12-7-5-6-11(8-12)16-3/h5-8,15H,4,10H2,1-3H3. The Balaban J connectivity index is 2.63. The van der Waals surface area contributed by atoms with Crippen molar-refractivity contribution in [2.24, 2.45) is 0 Å². The molecule has 1 aromatic carbocycles. The van der Waals surface area contributed by atoms with Gasteiger partial charge in [-0.25, -0.2) is 0 Å². The van der Waals surface area contributed by atoms with Crippen molar-refractivity contribution < 1.29 is 4.74 Å². The molecule has 17 heavy (non-hydrogen) atoms. The van der Waals surface area contributed by atoms with E-state index in [1.807, 2.05) is 38.1 Å². The first-order valence-electron chi connectivity index (χ1n) is 5.56. The molecule has 1 rings (SSSR count). The van der Waals surface area contributed by atoms with Gasteiger partial charge in [0.05, 0.1) is 13.2 Å². The van der Waals surface area contributed by atoms with Gasteiger partial charge in [0.25, 0.3) is 0 Å². The number of hydrogen-bond donors (Lipinski definition) is 1. The molecule has 0 aliphatic carbocycles. The second-order valence-electron chi connectivity index (χ2n) is 3.94. The van der Waals surface area contributed by atoms with Crippen molar-refractivity contribution in [1.29, 1.82) is 5.26 Å². The molecule has 0 aromatic heterocycles. The summed E-state index contributed by atoms with van der Waals surface area (Å²) in [6.45, 7) is 4.72. The fourth-order valence-electron chi connectivity index (χ4n) is 1.43. The molecule has 0 fully saturated rings. The minimum absolute atomic E-state index is 0.484. The summed E-state index contributed by atoms with van der Waals surface area (Å²) >= 11 is 1.66. The Labute approximate surface area is 107 Å². The molecule has 0 heterocycles. The van der Waals surface area contributed by atoms with Crippen LogP contribution in [0.4, 0.5) is 0 Å². The Bertz CT molecular complexity index is 403. The predicted molar refractivity (Wildman–Crippen MR) is 71.4 cm³/mol. The molecule has 3 nitrogen and oxygen atoms in total. The number of nitrogens with one attached hydrogen (secondary N) is 1. The van der Waals surface area contributed by atoms with E-state index in [1.54, 1.807) is 18.9 Å². The van der Waals surface area contributed by atoms with Gasteiger partial charge in [0, 0.05) is 10.6 Å². The summed E-state index contributed by atoms with van der Waals surface area (Å²) in [5, 5.41) is 12.3. The monoisotopic (exact) mass is 250 g/mol. The van der Waals surface area contributed by atoms with Gasteiger partial charge in [0.1, 0.15) is 11.3 Å². The summed E-state index contributed by atoms with van der Waals surface area (Å²) in [4.78, 5) is 1.11. The summed E-state index contributed by atoms with van der Waals surface area (Å²) < 4.78 is 5.17. The van der Waals surface area contributed by atoms with Gasteiger partial charge in [-0.3, -0.25) is 5.32 Å². The van der Waals surface area contributed by atoms with Gasteiger partial charge in [-0.15, -0.1) is 11.8 Å². The molecule has 1 unspecified atom stereocenters. The van der Waals surface area contributed by atoms with Crippen LogP contribution in [-0.2, 0) is 0 Å². The number of nitrogens with zero attached hydrogens (tertiary/aromatic N) is 1. The third kappa shape index (κ3) is 4.29. The summed E-state index contributed by atoms with van der Waals surface area (Å²) in [5.41, 5.74) is -0.484. The van der Waals surface area contributed by atoms with Gasteiger partial charge in [-0.2, -0.15) is 5.26 Å². The van der Waals surface area contributed by atoms with Crippen LogP contribution in [0.5, 0.6) is 5.75 Å². The maximum absolute atomic E-state index is 9.14. The van der Waals surface area contributed by atoms with Gasteiger partial charge in [0.2, 0.25) is 0 Å². The Morgan fingerprint density at radius 1 is 1.53 bits per heavy atom. The molecule has 0 saturated heterocycles. The molecule has 4 heteroatoms. The fraction of sp³-hybridized carbons (Fsp3) is 0.462. The van der Waals surface area contributed by atoms with Crippen LogP contribution in [0.2, 0.25) is 0 Å². The van der Waals surface area contributed by atoms with Crippen LogP contribution >= 0.6 is 11.8 Å². The highest BCUT2D eigenvalue weighted by Crippen LogP contribution is 2.25. The van der Waals surface area contributed by atoms with Crippen LogP contribution in [0.15, 0.2) is 29.2 Å². The molecule has 1 N–H and O–H groups in total. The topological polar surface area (TPSA) is 45.0 Å². The average molecular weight is 250 g/mol. The van der Waals surface area contributed by atoms with Crippen LogP contribution in [0.25, 0.3) is 0 Å². The second-order valence-corrected chi connectivity index (χ2v) is 4.99. The van der Waals surface area contributed by atoms with E-state index in [2.05, 4.69) is 11.4 Å². The van der Waals surface area contributed by atoms with Crippen LogP contribution in [-0.4, -0.2) is 24.9 Å². The van der Waals surface area contributed by atoms with E-state index in [0.29, 0.717) is 5.75 Å². The molecule has 1 atom stereocenters. The van der Waals surface area contributed by atoms with Crippen molar-refractivity contribution in [3.8, 4) is 11.8 Å². The molecular weight excluding hydrogens is 232 g/mol. The molecule has 0 aliphatic rings. The molecular formula is C13H18N2OS. The molecule has 0 bridgehead atoms. The summed E-state index contributed by atoms with van der Waals surface area (Å²) in [7, 11) is 1.65. The van der Waals surface area contributed by atoms with Gasteiger partial charge >= 0.3 is 0 Å².